The molecule has 1 atom stereocenters. The lowest BCUT2D eigenvalue weighted by Crippen LogP contribution is -2.28. The molecule has 1 amide bonds. The Labute approximate surface area is 125 Å². The van der Waals surface area contributed by atoms with Crippen LogP contribution in [0.25, 0.3) is 11.5 Å². The van der Waals surface area contributed by atoms with Crippen molar-refractivity contribution in [1.82, 2.24) is 15.5 Å². The van der Waals surface area contributed by atoms with Crippen molar-refractivity contribution in [2.75, 3.05) is 0 Å². The summed E-state index contributed by atoms with van der Waals surface area (Å²) < 4.78 is 6.47. The number of carbonyl (C=O) groups is 1. The minimum Gasteiger partial charge on any atom is -0.419 e. The average Bonchev–Trinajstić information content (AvgIpc) is 2.92. The van der Waals surface area contributed by atoms with Gasteiger partial charge < -0.3 is 9.73 Å². The van der Waals surface area contributed by atoms with Gasteiger partial charge >= 0.3 is 0 Å². The van der Waals surface area contributed by atoms with E-state index in [1.165, 1.54) is 0 Å². The van der Waals surface area contributed by atoms with Gasteiger partial charge in [-0.15, -0.1) is 10.2 Å². The molecule has 1 heterocycles. The van der Waals surface area contributed by atoms with Crippen molar-refractivity contribution >= 4 is 21.8 Å². The van der Waals surface area contributed by atoms with Gasteiger partial charge in [-0.25, -0.2) is 0 Å². The van der Waals surface area contributed by atoms with Crippen molar-refractivity contribution in [3.63, 3.8) is 0 Å². The smallest absolute Gasteiger partial charge is 0.247 e. The third-order valence-electron chi connectivity index (χ3n) is 3.01. The molecule has 106 valence electrons. The lowest BCUT2D eigenvalue weighted by atomic mass is 10.1. The van der Waals surface area contributed by atoms with Gasteiger partial charge in [0.25, 0.3) is 0 Å². The van der Waals surface area contributed by atoms with Gasteiger partial charge in [-0.05, 0) is 24.6 Å². The van der Waals surface area contributed by atoms with E-state index < -0.39 is 0 Å². The average molecular weight is 338 g/mol. The lowest BCUT2D eigenvalue weighted by Gasteiger charge is -2.07. The molecule has 0 aliphatic carbocycles. The summed E-state index contributed by atoms with van der Waals surface area (Å²) in [6.45, 7) is 4.11. The van der Waals surface area contributed by atoms with Crippen LogP contribution in [0.15, 0.2) is 33.2 Å². The maximum Gasteiger partial charge on any atom is 0.247 e. The summed E-state index contributed by atoms with van der Waals surface area (Å²) in [5.41, 5.74) is 0.839. The Morgan fingerprint density at radius 1 is 1.45 bits per heavy atom. The second-order valence-corrected chi connectivity index (χ2v) is 5.45. The number of halogens is 1. The summed E-state index contributed by atoms with van der Waals surface area (Å²) in [6.07, 6.45) is 0.805. The molecule has 0 saturated heterocycles. The number of benzene rings is 1. The van der Waals surface area contributed by atoms with E-state index in [1.807, 2.05) is 38.1 Å². The third kappa shape index (κ3) is 3.66. The molecular weight excluding hydrogens is 322 g/mol. The van der Waals surface area contributed by atoms with Crippen LogP contribution in [0.3, 0.4) is 0 Å². The maximum absolute atomic E-state index is 11.7. The number of rotatable bonds is 5. The van der Waals surface area contributed by atoms with Gasteiger partial charge in [-0.3, -0.25) is 4.79 Å². The number of hydrogen-bond acceptors (Lipinski definition) is 4. The van der Waals surface area contributed by atoms with E-state index in [0.29, 0.717) is 11.8 Å². The topological polar surface area (TPSA) is 68.0 Å². The predicted octanol–water partition coefficient (Wildman–Crippen LogP) is 3.16. The minimum atomic E-state index is -0.0116. The van der Waals surface area contributed by atoms with Gasteiger partial charge in [-0.1, -0.05) is 35.8 Å². The van der Waals surface area contributed by atoms with Gasteiger partial charge in [0.1, 0.15) is 0 Å². The predicted molar refractivity (Wildman–Crippen MR) is 78.7 cm³/mol. The summed E-state index contributed by atoms with van der Waals surface area (Å²) in [5, 5.41) is 10.7. The van der Waals surface area contributed by atoms with Crippen LogP contribution in [0.4, 0.5) is 0 Å². The van der Waals surface area contributed by atoms with Gasteiger partial charge in [0.15, 0.2) is 0 Å². The van der Waals surface area contributed by atoms with E-state index >= 15 is 0 Å². The van der Waals surface area contributed by atoms with Gasteiger partial charge in [0.05, 0.1) is 6.54 Å². The van der Waals surface area contributed by atoms with Crippen molar-refractivity contribution < 1.29 is 9.21 Å². The molecule has 0 saturated carbocycles. The molecule has 1 aromatic heterocycles. The Morgan fingerprint density at radius 2 is 2.25 bits per heavy atom. The Morgan fingerprint density at radius 3 is 2.95 bits per heavy atom. The highest BCUT2D eigenvalue weighted by Gasteiger charge is 2.13. The van der Waals surface area contributed by atoms with Crippen LogP contribution in [0.2, 0.25) is 0 Å². The van der Waals surface area contributed by atoms with E-state index in [9.17, 15) is 4.79 Å². The fourth-order valence-electron chi connectivity index (χ4n) is 1.59. The Hall–Kier alpha value is -1.69. The van der Waals surface area contributed by atoms with Crippen LogP contribution in [0.1, 0.15) is 26.2 Å². The second-order valence-electron chi connectivity index (χ2n) is 4.54. The number of amides is 1. The summed E-state index contributed by atoms with van der Waals surface area (Å²) >= 11 is 3.39. The molecule has 1 unspecified atom stereocenters. The highest BCUT2D eigenvalue weighted by molar-refractivity contribution is 9.10. The number of nitrogens with one attached hydrogen (secondary N) is 1. The zero-order valence-corrected chi connectivity index (χ0v) is 13.0. The van der Waals surface area contributed by atoms with Gasteiger partial charge in [0, 0.05) is 16.0 Å². The monoisotopic (exact) mass is 337 g/mol. The first-order valence-electron chi connectivity index (χ1n) is 6.46. The van der Waals surface area contributed by atoms with Crippen molar-refractivity contribution in [1.29, 1.82) is 0 Å². The first-order chi connectivity index (χ1) is 9.60. The molecule has 0 bridgehead atoms. The molecule has 1 N–H and O–H groups in total. The summed E-state index contributed by atoms with van der Waals surface area (Å²) in [6, 6.07) is 7.61. The largest absolute Gasteiger partial charge is 0.419 e. The molecule has 5 nitrogen and oxygen atoms in total. The summed E-state index contributed by atoms with van der Waals surface area (Å²) in [7, 11) is 0. The van der Waals surface area contributed by atoms with Crippen LogP contribution >= 0.6 is 15.9 Å². The summed E-state index contributed by atoms with van der Waals surface area (Å²) in [4.78, 5) is 11.7. The van der Waals surface area contributed by atoms with Gasteiger partial charge in [0.2, 0.25) is 17.7 Å². The van der Waals surface area contributed by atoms with E-state index in [4.69, 9.17) is 4.42 Å². The third-order valence-corrected chi connectivity index (χ3v) is 3.51. The molecular formula is C14H16BrN3O2. The van der Waals surface area contributed by atoms with Crippen molar-refractivity contribution in [3.8, 4) is 11.5 Å². The van der Waals surface area contributed by atoms with E-state index in [2.05, 4.69) is 31.4 Å². The molecule has 2 aromatic rings. The van der Waals surface area contributed by atoms with E-state index in [1.54, 1.807) is 0 Å². The highest BCUT2D eigenvalue weighted by atomic mass is 79.9. The summed E-state index contributed by atoms with van der Waals surface area (Å²) in [5.74, 6) is 0.827. The first kappa shape index (κ1) is 14.7. The zero-order chi connectivity index (χ0) is 14.5. The van der Waals surface area contributed by atoms with Crippen molar-refractivity contribution in [3.05, 3.63) is 34.6 Å². The minimum absolute atomic E-state index is 0.00490. The SMILES string of the molecule is CCC(C)C(=O)NCc1nnc(-c2cccc(Br)c2)o1. The molecule has 0 fully saturated rings. The number of nitrogens with zero attached hydrogens (tertiary/aromatic N) is 2. The number of carbonyl (C=O) groups excluding carboxylic acids is 1. The number of aromatic nitrogens is 2. The van der Waals surface area contributed by atoms with Crippen LogP contribution in [-0.4, -0.2) is 16.1 Å². The Bertz CT molecular complexity index is 598. The lowest BCUT2D eigenvalue weighted by molar-refractivity contribution is -0.124. The van der Waals surface area contributed by atoms with Crippen LogP contribution < -0.4 is 5.32 Å². The molecule has 2 rings (SSSR count). The van der Waals surface area contributed by atoms with Crippen molar-refractivity contribution in [2.45, 2.75) is 26.8 Å². The highest BCUT2D eigenvalue weighted by Crippen LogP contribution is 2.21. The fraction of sp³-hybridized carbons (Fsp3) is 0.357. The molecule has 20 heavy (non-hydrogen) atoms. The molecule has 6 heteroatoms. The molecule has 0 aliphatic heterocycles. The molecule has 0 aliphatic rings. The quantitative estimate of drug-likeness (QED) is 0.909. The fourth-order valence-corrected chi connectivity index (χ4v) is 1.98. The van der Waals surface area contributed by atoms with E-state index in [-0.39, 0.29) is 18.4 Å². The standard InChI is InChI=1S/C14H16BrN3O2/c1-3-9(2)13(19)16-8-12-17-18-14(20-12)10-5-4-6-11(15)7-10/h4-7,9H,3,8H2,1-2H3,(H,16,19). The number of hydrogen-bond donors (Lipinski definition) is 1. The van der Waals surface area contributed by atoms with Crippen LogP contribution in [0.5, 0.6) is 0 Å². The van der Waals surface area contributed by atoms with Crippen molar-refractivity contribution in [2.24, 2.45) is 5.92 Å². The second kappa shape index (κ2) is 6.65. The van der Waals surface area contributed by atoms with Crippen LogP contribution in [-0.2, 0) is 11.3 Å². The molecule has 1 aromatic carbocycles. The maximum atomic E-state index is 11.7. The Balaban J connectivity index is 2.01. The zero-order valence-electron chi connectivity index (χ0n) is 11.4. The Kier molecular flexibility index (Phi) is 4.89. The molecule has 0 radical (unpaired) electrons. The first-order valence-corrected chi connectivity index (χ1v) is 7.25. The normalized spacial score (nSPS) is 12.2. The van der Waals surface area contributed by atoms with Gasteiger partial charge in [-0.2, -0.15) is 0 Å². The van der Waals surface area contributed by atoms with E-state index in [0.717, 1.165) is 16.5 Å². The molecule has 0 spiro atoms. The van der Waals surface area contributed by atoms with Crippen LogP contribution in [0, 0.1) is 5.92 Å².